The molecule has 0 spiro atoms. The fourth-order valence-corrected chi connectivity index (χ4v) is 2.86. The molecule has 1 aromatic carbocycles. The van der Waals surface area contributed by atoms with Crippen LogP contribution < -0.4 is 10.6 Å². The average Bonchev–Trinajstić information content (AvgIpc) is 3.31. The molecule has 0 bridgehead atoms. The number of aromatic amines is 1. The molecule has 0 aliphatic heterocycles. The van der Waals surface area contributed by atoms with Crippen molar-refractivity contribution in [2.24, 2.45) is 4.99 Å². The highest BCUT2D eigenvalue weighted by molar-refractivity contribution is 5.83. The fraction of sp³-hybridized carbons (Fsp3) is 0.350. The van der Waals surface area contributed by atoms with Crippen molar-refractivity contribution in [1.82, 2.24) is 15.6 Å². The van der Waals surface area contributed by atoms with E-state index in [1.165, 1.54) is 12.1 Å². The van der Waals surface area contributed by atoms with E-state index in [-0.39, 0.29) is 5.82 Å². The summed E-state index contributed by atoms with van der Waals surface area (Å²) in [7, 11) is 1.66. The minimum absolute atomic E-state index is 0.234. The number of rotatable bonds is 9. The molecule has 3 rings (SSSR count). The number of methoxy groups -OCH3 is 1. The molecule has 0 aliphatic rings. The van der Waals surface area contributed by atoms with E-state index >= 15 is 0 Å². The SMILES string of the molecule is COCCN=C(NCCc1ccco1)NCCc1c[nH]c2cc(F)ccc12. The van der Waals surface area contributed by atoms with Gasteiger partial charge in [-0.15, -0.1) is 0 Å². The maximum Gasteiger partial charge on any atom is 0.191 e. The molecule has 144 valence electrons. The summed E-state index contributed by atoms with van der Waals surface area (Å²) < 4.78 is 23.7. The number of fused-ring (bicyclic) bond motifs is 1. The van der Waals surface area contributed by atoms with Crippen LogP contribution in [0.25, 0.3) is 10.9 Å². The predicted octanol–water partition coefficient (Wildman–Crippen LogP) is 2.87. The van der Waals surface area contributed by atoms with Crippen molar-refractivity contribution < 1.29 is 13.5 Å². The quantitative estimate of drug-likeness (QED) is 0.307. The van der Waals surface area contributed by atoms with E-state index < -0.39 is 0 Å². The van der Waals surface area contributed by atoms with Gasteiger partial charge in [-0.05, 0) is 42.3 Å². The summed E-state index contributed by atoms with van der Waals surface area (Å²) in [4.78, 5) is 7.62. The summed E-state index contributed by atoms with van der Waals surface area (Å²) in [5.74, 6) is 1.44. The molecule has 0 aliphatic carbocycles. The number of guanidine groups is 1. The van der Waals surface area contributed by atoms with Crippen LogP contribution >= 0.6 is 0 Å². The van der Waals surface area contributed by atoms with E-state index in [0.29, 0.717) is 19.7 Å². The van der Waals surface area contributed by atoms with Crippen LogP contribution in [0.15, 0.2) is 52.2 Å². The number of aromatic nitrogens is 1. The Kier molecular flexibility index (Phi) is 6.87. The molecule has 0 saturated heterocycles. The lowest BCUT2D eigenvalue weighted by Gasteiger charge is -2.12. The lowest BCUT2D eigenvalue weighted by Crippen LogP contribution is -2.39. The molecule has 0 saturated carbocycles. The molecule has 0 atom stereocenters. The average molecular weight is 372 g/mol. The molecule has 3 aromatic rings. The molecule has 2 heterocycles. The van der Waals surface area contributed by atoms with Crippen molar-refractivity contribution in [3.63, 3.8) is 0 Å². The minimum atomic E-state index is -0.234. The molecular formula is C20H25FN4O2. The van der Waals surface area contributed by atoms with Crippen molar-refractivity contribution in [3.05, 3.63) is 59.9 Å². The summed E-state index contributed by atoms with van der Waals surface area (Å²) in [5, 5.41) is 7.69. The predicted molar refractivity (Wildman–Crippen MR) is 105 cm³/mol. The molecule has 2 aromatic heterocycles. The van der Waals surface area contributed by atoms with Crippen molar-refractivity contribution in [2.75, 3.05) is 33.4 Å². The summed E-state index contributed by atoms with van der Waals surface area (Å²) >= 11 is 0. The van der Waals surface area contributed by atoms with Crippen molar-refractivity contribution in [2.45, 2.75) is 12.8 Å². The third-order valence-electron chi connectivity index (χ3n) is 4.23. The molecule has 0 fully saturated rings. The van der Waals surface area contributed by atoms with E-state index in [1.54, 1.807) is 13.4 Å². The van der Waals surface area contributed by atoms with Crippen LogP contribution in [-0.2, 0) is 17.6 Å². The third kappa shape index (κ3) is 5.59. The number of furan rings is 1. The first-order valence-corrected chi connectivity index (χ1v) is 9.05. The normalized spacial score (nSPS) is 11.9. The molecule has 0 unspecified atom stereocenters. The van der Waals surface area contributed by atoms with Crippen molar-refractivity contribution in [3.8, 4) is 0 Å². The van der Waals surface area contributed by atoms with Crippen LogP contribution in [0.3, 0.4) is 0 Å². The monoisotopic (exact) mass is 372 g/mol. The second-order valence-corrected chi connectivity index (χ2v) is 6.16. The van der Waals surface area contributed by atoms with Gasteiger partial charge < -0.3 is 24.8 Å². The standard InChI is InChI=1S/C20H25FN4O2/c1-26-12-10-24-20(23-9-7-17-3-2-11-27-17)22-8-6-15-14-25-19-13-16(21)4-5-18(15)19/h2-5,11,13-14,25H,6-10,12H2,1H3,(H2,22,23,24). The van der Waals surface area contributed by atoms with Crippen LogP contribution in [0.5, 0.6) is 0 Å². The number of H-pyrrole nitrogens is 1. The van der Waals surface area contributed by atoms with E-state index in [1.807, 2.05) is 24.4 Å². The van der Waals surface area contributed by atoms with Gasteiger partial charge in [-0.2, -0.15) is 0 Å². The second-order valence-electron chi connectivity index (χ2n) is 6.16. The van der Waals surface area contributed by atoms with Crippen LogP contribution in [0.4, 0.5) is 4.39 Å². The Morgan fingerprint density at radius 2 is 2.07 bits per heavy atom. The number of hydrogen-bond acceptors (Lipinski definition) is 3. The van der Waals surface area contributed by atoms with Gasteiger partial charge in [0.2, 0.25) is 0 Å². The molecule has 3 N–H and O–H groups in total. The van der Waals surface area contributed by atoms with Gasteiger partial charge in [0.1, 0.15) is 11.6 Å². The van der Waals surface area contributed by atoms with Crippen LogP contribution in [0, 0.1) is 5.82 Å². The Hall–Kier alpha value is -2.80. The van der Waals surface area contributed by atoms with Gasteiger partial charge in [0.05, 0.1) is 19.4 Å². The fourth-order valence-electron chi connectivity index (χ4n) is 2.86. The maximum absolute atomic E-state index is 13.3. The summed E-state index contributed by atoms with van der Waals surface area (Å²) in [6, 6.07) is 8.65. The number of nitrogens with zero attached hydrogens (tertiary/aromatic N) is 1. The number of hydrogen-bond donors (Lipinski definition) is 3. The van der Waals surface area contributed by atoms with Crippen LogP contribution in [0.2, 0.25) is 0 Å². The van der Waals surface area contributed by atoms with Gasteiger partial charge >= 0.3 is 0 Å². The number of ether oxygens (including phenoxy) is 1. The Morgan fingerprint density at radius 1 is 1.22 bits per heavy atom. The smallest absolute Gasteiger partial charge is 0.191 e. The van der Waals surface area contributed by atoms with E-state index in [2.05, 4.69) is 20.6 Å². The van der Waals surface area contributed by atoms with Crippen LogP contribution in [0.1, 0.15) is 11.3 Å². The summed E-state index contributed by atoms with van der Waals surface area (Å²) in [6.07, 6.45) is 5.19. The van der Waals surface area contributed by atoms with Gasteiger partial charge in [-0.3, -0.25) is 4.99 Å². The third-order valence-corrected chi connectivity index (χ3v) is 4.23. The molecule has 0 amide bonds. The van der Waals surface area contributed by atoms with E-state index in [9.17, 15) is 4.39 Å². The molecule has 7 heteroatoms. The first kappa shape index (κ1) is 19.0. The van der Waals surface area contributed by atoms with Gasteiger partial charge in [0.25, 0.3) is 0 Å². The Balaban J connectivity index is 1.52. The van der Waals surface area contributed by atoms with Crippen LogP contribution in [-0.4, -0.2) is 44.3 Å². The molecule has 6 nitrogen and oxygen atoms in total. The number of halogens is 1. The Labute approximate surface area is 157 Å². The zero-order chi connectivity index (χ0) is 18.9. The maximum atomic E-state index is 13.3. The zero-order valence-electron chi connectivity index (χ0n) is 15.4. The molecular weight excluding hydrogens is 347 g/mol. The number of benzene rings is 1. The van der Waals surface area contributed by atoms with E-state index in [4.69, 9.17) is 9.15 Å². The van der Waals surface area contributed by atoms with Crippen molar-refractivity contribution in [1.29, 1.82) is 0 Å². The second kappa shape index (κ2) is 9.78. The Bertz CT molecular complexity index is 858. The van der Waals surface area contributed by atoms with Crippen molar-refractivity contribution >= 4 is 16.9 Å². The summed E-state index contributed by atoms with van der Waals surface area (Å²) in [6.45, 7) is 2.58. The first-order chi connectivity index (χ1) is 13.3. The minimum Gasteiger partial charge on any atom is -0.469 e. The lowest BCUT2D eigenvalue weighted by atomic mass is 10.1. The van der Waals surface area contributed by atoms with Gasteiger partial charge in [-0.25, -0.2) is 4.39 Å². The Morgan fingerprint density at radius 3 is 2.85 bits per heavy atom. The zero-order valence-corrected chi connectivity index (χ0v) is 15.4. The lowest BCUT2D eigenvalue weighted by molar-refractivity contribution is 0.208. The molecule has 0 radical (unpaired) electrons. The van der Waals surface area contributed by atoms with E-state index in [0.717, 1.165) is 47.6 Å². The highest BCUT2D eigenvalue weighted by Crippen LogP contribution is 2.19. The first-order valence-electron chi connectivity index (χ1n) is 9.05. The topological polar surface area (TPSA) is 74.6 Å². The summed E-state index contributed by atoms with van der Waals surface area (Å²) in [5.41, 5.74) is 1.96. The van der Waals surface area contributed by atoms with Gasteiger partial charge in [-0.1, -0.05) is 0 Å². The highest BCUT2D eigenvalue weighted by Gasteiger charge is 2.06. The largest absolute Gasteiger partial charge is 0.469 e. The molecule has 27 heavy (non-hydrogen) atoms. The van der Waals surface area contributed by atoms with Gasteiger partial charge in [0.15, 0.2) is 5.96 Å². The number of aliphatic imine (C=N–C) groups is 1. The number of nitrogens with one attached hydrogen (secondary N) is 3. The highest BCUT2D eigenvalue weighted by atomic mass is 19.1. The van der Waals surface area contributed by atoms with Gasteiger partial charge in [0, 0.05) is 43.7 Å².